The lowest BCUT2D eigenvalue weighted by atomic mass is 10.1. The van der Waals surface area contributed by atoms with E-state index in [-0.39, 0.29) is 12.5 Å². The molecule has 1 aliphatic rings. The lowest BCUT2D eigenvalue weighted by Gasteiger charge is -2.35. The van der Waals surface area contributed by atoms with Crippen molar-refractivity contribution in [2.45, 2.75) is 26.3 Å². The Morgan fingerprint density at radius 1 is 1.16 bits per heavy atom. The number of rotatable bonds is 2. The predicted octanol–water partition coefficient (Wildman–Crippen LogP) is 1.89. The van der Waals surface area contributed by atoms with Crippen LogP contribution in [-0.4, -0.2) is 40.2 Å². The van der Waals surface area contributed by atoms with Gasteiger partial charge in [-0.2, -0.15) is 4.90 Å². The first-order valence-corrected chi connectivity index (χ1v) is 6.25. The number of carbonyl (C=O) groups excluding carboxylic acids is 3. The molecule has 1 aromatic carbocycles. The molecule has 1 heterocycles. The average Bonchev–Trinajstić information content (AvgIpc) is 2.39. The Morgan fingerprint density at radius 3 is 2.37 bits per heavy atom. The van der Waals surface area contributed by atoms with Crippen molar-refractivity contribution < 1.29 is 14.4 Å². The molecule has 5 heteroatoms. The van der Waals surface area contributed by atoms with Gasteiger partial charge in [-0.1, -0.05) is 18.2 Å². The van der Waals surface area contributed by atoms with E-state index in [4.69, 9.17) is 0 Å². The molecule has 100 valence electrons. The monoisotopic (exact) mass is 260 g/mol. The van der Waals surface area contributed by atoms with Gasteiger partial charge in [0.2, 0.25) is 5.91 Å². The topological polar surface area (TPSA) is 57.7 Å². The predicted molar refractivity (Wildman–Crippen MR) is 69.5 cm³/mol. The summed E-state index contributed by atoms with van der Waals surface area (Å²) in [7, 11) is 0. The highest BCUT2D eigenvalue weighted by Gasteiger charge is 2.37. The van der Waals surface area contributed by atoms with Crippen LogP contribution in [0.5, 0.6) is 0 Å². The van der Waals surface area contributed by atoms with Gasteiger partial charge in [-0.25, -0.2) is 4.79 Å². The van der Waals surface area contributed by atoms with Crippen LogP contribution in [0, 0.1) is 0 Å². The summed E-state index contributed by atoms with van der Waals surface area (Å²) in [5.74, 6) is -0.989. The van der Waals surface area contributed by atoms with Crippen molar-refractivity contribution in [1.29, 1.82) is 0 Å². The smallest absolute Gasteiger partial charge is 0.321 e. The second-order valence-corrected chi connectivity index (χ2v) is 4.72. The van der Waals surface area contributed by atoms with Gasteiger partial charge >= 0.3 is 6.03 Å². The highest BCUT2D eigenvalue weighted by atomic mass is 16.2. The second-order valence-electron chi connectivity index (χ2n) is 4.72. The summed E-state index contributed by atoms with van der Waals surface area (Å²) in [6.45, 7) is 4.09. The standard InChI is InChI=1S/C14H16N2O3/c1-10(2)15-9-8-12(17)16(14(15)19)13(18)11-6-4-3-5-7-11/h3-7,10H,8-9H2,1-2H3. The third-order valence-electron chi connectivity index (χ3n) is 3.10. The fourth-order valence-corrected chi connectivity index (χ4v) is 2.05. The summed E-state index contributed by atoms with van der Waals surface area (Å²) in [4.78, 5) is 38.6. The first kappa shape index (κ1) is 13.3. The third-order valence-corrected chi connectivity index (χ3v) is 3.10. The molecule has 1 fully saturated rings. The van der Waals surface area contributed by atoms with Gasteiger partial charge in [-0.05, 0) is 26.0 Å². The summed E-state index contributed by atoms with van der Waals surface area (Å²) < 4.78 is 0. The molecular formula is C14H16N2O3. The molecule has 0 spiro atoms. The zero-order valence-electron chi connectivity index (χ0n) is 11.0. The van der Waals surface area contributed by atoms with Crippen LogP contribution >= 0.6 is 0 Å². The van der Waals surface area contributed by atoms with E-state index >= 15 is 0 Å². The summed E-state index contributed by atoms with van der Waals surface area (Å²) in [5.41, 5.74) is 0.342. The second kappa shape index (κ2) is 5.22. The van der Waals surface area contributed by atoms with E-state index in [0.717, 1.165) is 4.90 Å². The number of carbonyl (C=O) groups is 3. The van der Waals surface area contributed by atoms with Crippen LogP contribution in [0.2, 0.25) is 0 Å². The van der Waals surface area contributed by atoms with Crippen LogP contribution in [0.15, 0.2) is 30.3 Å². The minimum Gasteiger partial charge on any atom is -0.321 e. The largest absolute Gasteiger partial charge is 0.334 e. The number of urea groups is 1. The molecule has 0 radical (unpaired) electrons. The Morgan fingerprint density at radius 2 is 1.79 bits per heavy atom. The lowest BCUT2D eigenvalue weighted by Crippen LogP contribution is -2.56. The maximum atomic E-state index is 12.2. The zero-order chi connectivity index (χ0) is 14.0. The molecule has 4 amide bonds. The number of amides is 4. The van der Waals surface area contributed by atoms with Crippen molar-refractivity contribution in [2.24, 2.45) is 0 Å². The van der Waals surface area contributed by atoms with E-state index in [1.54, 1.807) is 30.3 Å². The zero-order valence-corrected chi connectivity index (χ0v) is 11.0. The van der Waals surface area contributed by atoms with E-state index in [2.05, 4.69) is 0 Å². The number of imide groups is 3. The highest BCUT2D eigenvalue weighted by molar-refractivity contribution is 6.16. The van der Waals surface area contributed by atoms with Crippen molar-refractivity contribution in [3.63, 3.8) is 0 Å². The first-order chi connectivity index (χ1) is 9.02. The van der Waals surface area contributed by atoms with Crippen LogP contribution in [0.25, 0.3) is 0 Å². The van der Waals surface area contributed by atoms with E-state index in [1.165, 1.54) is 4.90 Å². The van der Waals surface area contributed by atoms with E-state index < -0.39 is 17.8 Å². The summed E-state index contributed by atoms with van der Waals surface area (Å²) in [6.07, 6.45) is 0.183. The minimum absolute atomic E-state index is 0.0355. The number of hydrogen-bond donors (Lipinski definition) is 0. The van der Waals surface area contributed by atoms with Crippen molar-refractivity contribution >= 4 is 17.8 Å². The molecule has 0 aromatic heterocycles. The number of hydrogen-bond acceptors (Lipinski definition) is 3. The SMILES string of the molecule is CC(C)N1CCC(=O)N(C(=O)c2ccccc2)C1=O. The van der Waals surface area contributed by atoms with Gasteiger partial charge < -0.3 is 4.90 Å². The Balaban J connectivity index is 2.29. The molecule has 0 saturated carbocycles. The lowest BCUT2D eigenvalue weighted by molar-refractivity contribution is -0.128. The van der Waals surface area contributed by atoms with Gasteiger partial charge in [0, 0.05) is 24.6 Å². The van der Waals surface area contributed by atoms with E-state index in [1.807, 2.05) is 13.8 Å². The molecule has 2 rings (SSSR count). The highest BCUT2D eigenvalue weighted by Crippen LogP contribution is 2.16. The van der Waals surface area contributed by atoms with Gasteiger partial charge in [0.15, 0.2) is 0 Å². The van der Waals surface area contributed by atoms with Crippen LogP contribution in [0.3, 0.4) is 0 Å². The maximum absolute atomic E-state index is 12.2. The maximum Gasteiger partial charge on any atom is 0.334 e. The third kappa shape index (κ3) is 2.50. The Labute approximate surface area is 111 Å². The Kier molecular flexibility index (Phi) is 3.64. The van der Waals surface area contributed by atoms with Crippen LogP contribution in [0.1, 0.15) is 30.6 Å². The first-order valence-electron chi connectivity index (χ1n) is 6.25. The summed E-state index contributed by atoms with van der Waals surface area (Å²) in [6, 6.07) is 7.80. The minimum atomic E-state index is -0.555. The van der Waals surface area contributed by atoms with E-state index in [0.29, 0.717) is 12.1 Å². The molecule has 0 aliphatic carbocycles. The number of nitrogens with zero attached hydrogens (tertiary/aromatic N) is 2. The fraction of sp³-hybridized carbons (Fsp3) is 0.357. The van der Waals surface area contributed by atoms with Gasteiger partial charge in [0.25, 0.3) is 5.91 Å². The van der Waals surface area contributed by atoms with Crippen LogP contribution < -0.4 is 0 Å². The Hall–Kier alpha value is -2.17. The van der Waals surface area contributed by atoms with Gasteiger partial charge in [0.1, 0.15) is 0 Å². The molecule has 0 unspecified atom stereocenters. The van der Waals surface area contributed by atoms with Gasteiger partial charge in [-0.3, -0.25) is 9.59 Å². The van der Waals surface area contributed by atoms with Gasteiger partial charge in [-0.15, -0.1) is 0 Å². The number of benzene rings is 1. The molecular weight excluding hydrogens is 244 g/mol. The van der Waals surface area contributed by atoms with Crippen LogP contribution in [-0.2, 0) is 4.79 Å². The summed E-state index contributed by atoms with van der Waals surface area (Å²) in [5, 5.41) is 0. The molecule has 0 N–H and O–H groups in total. The molecule has 0 bridgehead atoms. The van der Waals surface area contributed by atoms with E-state index in [9.17, 15) is 14.4 Å². The van der Waals surface area contributed by atoms with Crippen molar-refractivity contribution in [3.8, 4) is 0 Å². The van der Waals surface area contributed by atoms with Crippen molar-refractivity contribution in [3.05, 3.63) is 35.9 Å². The van der Waals surface area contributed by atoms with Gasteiger partial charge in [0.05, 0.1) is 0 Å². The fourth-order valence-electron chi connectivity index (χ4n) is 2.05. The normalized spacial score (nSPS) is 16.2. The molecule has 1 aromatic rings. The molecule has 5 nitrogen and oxygen atoms in total. The van der Waals surface area contributed by atoms with Crippen molar-refractivity contribution in [2.75, 3.05) is 6.54 Å². The average molecular weight is 260 g/mol. The van der Waals surface area contributed by atoms with Crippen LogP contribution in [0.4, 0.5) is 4.79 Å². The van der Waals surface area contributed by atoms with Crippen molar-refractivity contribution in [1.82, 2.24) is 9.80 Å². The molecule has 1 aliphatic heterocycles. The quantitative estimate of drug-likeness (QED) is 0.763. The summed E-state index contributed by atoms with van der Waals surface area (Å²) >= 11 is 0. The molecule has 0 atom stereocenters. The molecule has 1 saturated heterocycles. The molecule has 19 heavy (non-hydrogen) atoms. The Bertz CT molecular complexity index is 511.